The zero-order valence-corrected chi connectivity index (χ0v) is 14.2. The summed E-state index contributed by atoms with van der Waals surface area (Å²) in [5.41, 5.74) is 5.81. The molecule has 0 aliphatic carbocycles. The number of nitrogens with one attached hydrogen (secondary N) is 1. The summed E-state index contributed by atoms with van der Waals surface area (Å²) in [5.74, 6) is 0.923. The number of nitrogens with zero attached hydrogens (tertiary/aromatic N) is 1. The molecule has 2 nitrogen and oxygen atoms in total. The standard InChI is InChI=1S/C23H20N2/c1-17-12-13-22-20(14-17)15-21(19-10-6-3-7-11-19)23(25-22)24-16-18-8-4-2-5-9-18/h2-15H,16H2,1H3,(H,24,25). The quantitative estimate of drug-likeness (QED) is 0.511. The fraction of sp³-hybridized carbons (Fsp3) is 0.0870. The largest absolute Gasteiger partial charge is 0.365 e. The van der Waals surface area contributed by atoms with Gasteiger partial charge >= 0.3 is 0 Å². The van der Waals surface area contributed by atoms with Crippen LogP contribution in [0.1, 0.15) is 11.1 Å². The van der Waals surface area contributed by atoms with E-state index in [0.717, 1.165) is 23.4 Å². The first-order valence-corrected chi connectivity index (χ1v) is 8.54. The molecule has 3 aromatic carbocycles. The van der Waals surface area contributed by atoms with Crippen molar-refractivity contribution in [3.8, 4) is 11.1 Å². The summed E-state index contributed by atoms with van der Waals surface area (Å²) in [6.07, 6.45) is 0. The van der Waals surface area contributed by atoms with E-state index in [0.29, 0.717) is 0 Å². The number of benzene rings is 3. The third-order valence-electron chi connectivity index (χ3n) is 4.36. The van der Waals surface area contributed by atoms with Crippen LogP contribution in [0, 0.1) is 6.92 Å². The Balaban J connectivity index is 1.78. The zero-order chi connectivity index (χ0) is 17.1. The Hall–Kier alpha value is -3.13. The highest BCUT2D eigenvalue weighted by Gasteiger charge is 2.09. The van der Waals surface area contributed by atoms with Gasteiger partial charge in [0.05, 0.1) is 5.52 Å². The van der Waals surface area contributed by atoms with Crippen LogP contribution in [0.3, 0.4) is 0 Å². The summed E-state index contributed by atoms with van der Waals surface area (Å²) in [4.78, 5) is 4.90. The lowest BCUT2D eigenvalue weighted by Gasteiger charge is -2.13. The minimum atomic E-state index is 0.755. The van der Waals surface area contributed by atoms with Gasteiger partial charge in [0.15, 0.2) is 0 Å². The molecule has 0 spiro atoms. The van der Waals surface area contributed by atoms with Crippen LogP contribution in [0.25, 0.3) is 22.0 Å². The third-order valence-corrected chi connectivity index (χ3v) is 4.36. The van der Waals surface area contributed by atoms with Gasteiger partial charge in [-0.2, -0.15) is 0 Å². The summed E-state index contributed by atoms with van der Waals surface area (Å²) in [7, 11) is 0. The second-order valence-corrected chi connectivity index (χ2v) is 6.29. The van der Waals surface area contributed by atoms with Gasteiger partial charge in [-0.3, -0.25) is 0 Å². The number of aryl methyl sites for hydroxylation is 1. The molecule has 1 N–H and O–H groups in total. The summed E-state index contributed by atoms with van der Waals surface area (Å²) in [5, 5.41) is 4.69. The van der Waals surface area contributed by atoms with Crippen LogP contribution in [-0.2, 0) is 6.54 Å². The molecule has 0 unspecified atom stereocenters. The Bertz CT molecular complexity index is 992. The number of hydrogen-bond acceptors (Lipinski definition) is 2. The fourth-order valence-corrected chi connectivity index (χ4v) is 3.05. The molecule has 0 saturated carbocycles. The third kappa shape index (κ3) is 3.38. The molecular formula is C23H20N2. The predicted octanol–water partition coefficient (Wildman–Crippen LogP) is 5.82. The smallest absolute Gasteiger partial charge is 0.134 e. The summed E-state index contributed by atoms with van der Waals surface area (Å²) in [6, 6.07) is 29.5. The molecule has 4 aromatic rings. The predicted molar refractivity (Wildman–Crippen MR) is 106 cm³/mol. The molecule has 25 heavy (non-hydrogen) atoms. The molecule has 0 aliphatic rings. The van der Waals surface area contributed by atoms with E-state index < -0.39 is 0 Å². The molecule has 4 rings (SSSR count). The highest BCUT2D eigenvalue weighted by Crippen LogP contribution is 2.30. The number of pyridine rings is 1. The maximum absolute atomic E-state index is 4.90. The number of rotatable bonds is 4. The average Bonchev–Trinajstić information content (AvgIpc) is 2.67. The van der Waals surface area contributed by atoms with Gasteiger partial charge in [-0.05, 0) is 36.2 Å². The molecule has 0 amide bonds. The lowest BCUT2D eigenvalue weighted by Crippen LogP contribution is -2.03. The van der Waals surface area contributed by atoms with E-state index in [2.05, 4.69) is 85.0 Å². The number of hydrogen-bond donors (Lipinski definition) is 1. The molecule has 0 bridgehead atoms. The van der Waals surface area contributed by atoms with Crippen molar-refractivity contribution in [3.05, 3.63) is 96.1 Å². The van der Waals surface area contributed by atoms with E-state index in [9.17, 15) is 0 Å². The van der Waals surface area contributed by atoms with E-state index >= 15 is 0 Å². The summed E-state index contributed by atoms with van der Waals surface area (Å²) in [6.45, 7) is 2.87. The molecule has 0 radical (unpaired) electrons. The number of fused-ring (bicyclic) bond motifs is 1. The Morgan fingerprint density at radius 3 is 2.28 bits per heavy atom. The van der Waals surface area contributed by atoms with Crippen LogP contribution in [0.15, 0.2) is 84.9 Å². The maximum atomic E-state index is 4.90. The van der Waals surface area contributed by atoms with Crippen molar-refractivity contribution in [1.82, 2.24) is 4.98 Å². The van der Waals surface area contributed by atoms with E-state index in [-0.39, 0.29) is 0 Å². The van der Waals surface area contributed by atoms with Crippen LogP contribution in [0.2, 0.25) is 0 Å². The average molecular weight is 324 g/mol. The molecule has 0 aliphatic heterocycles. The van der Waals surface area contributed by atoms with Crippen LogP contribution in [0.4, 0.5) is 5.82 Å². The first-order chi connectivity index (χ1) is 12.3. The van der Waals surface area contributed by atoms with Gasteiger partial charge in [0, 0.05) is 17.5 Å². The van der Waals surface area contributed by atoms with Gasteiger partial charge in [-0.25, -0.2) is 4.98 Å². The molecular weight excluding hydrogens is 304 g/mol. The van der Waals surface area contributed by atoms with Crippen LogP contribution >= 0.6 is 0 Å². The van der Waals surface area contributed by atoms with Crippen LogP contribution in [0.5, 0.6) is 0 Å². The van der Waals surface area contributed by atoms with Crippen molar-refractivity contribution in [3.63, 3.8) is 0 Å². The van der Waals surface area contributed by atoms with Crippen LogP contribution < -0.4 is 5.32 Å². The van der Waals surface area contributed by atoms with Gasteiger partial charge in [-0.15, -0.1) is 0 Å². The lowest BCUT2D eigenvalue weighted by atomic mass is 10.0. The normalized spacial score (nSPS) is 10.8. The Morgan fingerprint density at radius 1 is 0.800 bits per heavy atom. The van der Waals surface area contributed by atoms with Gasteiger partial charge in [0.1, 0.15) is 5.82 Å². The van der Waals surface area contributed by atoms with Gasteiger partial charge < -0.3 is 5.32 Å². The lowest BCUT2D eigenvalue weighted by molar-refractivity contribution is 1.12. The second-order valence-electron chi connectivity index (χ2n) is 6.29. The maximum Gasteiger partial charge on any atom is 0.134 e. The van der Waals surface area contributed by atoms with Gasteiger partial charge in [-0.1, -0.05) is 72.3 Å². The van der Waals surface area contributed by atoms with Crippen molar-refractivity contribution in [2.24, 2.45) is 0 Å². The van der Waals surface area contributed by atoms with Crippen LogP contribution in [-0.4, -0.2) is 4.98 Å². The van der Waals surface area contributed by atoms with Crippen molar-refractivity contribution < 1.29 is 0 Å². The fourth-order valence-electron chi connectivity index (χ4n) is 3.05. The van der Waals surface area contributed by atoms with E-state index in [4.69, 9.17) is 4.98 Å². The number of aromatic nitrogens is 1. The minimum Gasteiger partial charge on any atom is -0.365 e. The Kier molecular flexibility index (Phi) is 4.17. The van der Waals surface area contributed by atoms with E-state index in [1.165, 1.54) is 22.1 Å². The van der Waals surface area contributed by atoms with Gasteiger partial charge in [0.25, 0.3) is 0 Å². The first kappa shape index (κ1) is 15.4. The highest BCUT2D eigenvalue weighted by atomic mass is 15.0. The van der Waals surface area contributed by atoms with Gasteiger partial charge in [0.2, 0.25) is 0 Å². The Morgan fingerprint density at radius 2 is 1.52 bits per heavy atom. The first-order valence-electron chi connectivity index (χ1n) is 8.54. The molecule has 1 heterocycles. The van der Waals surface area contributed by atoms with Crippen molar-refractivity contribution in [2.75, 3.05) is 5.32 Å². The number of anilines is 1. The molecule has 0 atom stereocenters. The molecule has 0 saturated heterocycles. The molecule has 0 fully saturated rings. The molecule has 1 aromatic heterocycles. The van der Waals surface area contributed by atoms with Crippen molar-refractivity contribution in [2.45, 2.75) is 13.5 Å². The SMILES string of the molecule is Cc1ccc2nc(NCc3ccccc3)c(-c3ccccc3)cc2c1. The second kappa shape index (κ2) is 6.78. The molecule has 122 valence electrons. The van der Waals surface area contributed by atoms with Crippen molar-refractivity contribution in [1.29, 1.82) is 0 Å². The van der Waals surface area contributed by atoms with E-state index in [1.54, 1.807) is 0 Å². The van der Waals surface area contributed by atoms with Crippen molar-refractivity contribution >= 4 is 16.7 Å². The molecule has 2 heteroatoms. The zero-order valence-electron chi connectivity index (χ0n) is 14.2. The Labute approximate surface area is 148 Å². The topological polar surface area (TPSA) is 24.9 Å². The van der Waals surface area contributed by atoms with E-state index in [1.807, 2.05) is 12.1 Å². The summed E-state index contributed by atoms with van der Waals surface area (Å²) < 4.78 is 0. The minimum absolute atomic E-state index is 0.755. The summed E-state index contributed by atoms with van der Waals surface area (Å²) >= 11 is 0. The highest BCUT2D eigenvalue weighted by molar-refractivity contribution is 5.89. The monoisotopic (exact) mass is 324 g/mol.